The maximum Gasteiger partial charge on any atom is 0.244 e. The first-order chi connectivity index (χ1) is 15.5. The van der Waals surface area contributed by atoms with Crippen molar-refractivity contribution in [2.24, 2.45) is 0 Å². The average molecular weight is 437 g/mol. The van der Waals surface area contributed by atoms with Crippen molar-refractivity contribution in [3.8, 4) is 22.9 Å². The van der Waals surface area contributed by atoms with Crippen LogP contribution in [0.2, 0.25) is 0 Å². The van der Waals surface area contributed by atoms with Crippen molar-refractivity contribution < 1.29 is 19.0 Å². The van der Waals surface area contributed by atoms with E-state index in [0.717, 1.165) is 40.6 Å². The lowest BCUT2D eigenvalue weighted by Crippen LogP contribution is -2.38. The number of hydrogen-bond acceptors (Lipinski definition) is 6. The van der Waals surface area contributed by atoms with Crippen molar-refractivity contribution in [2.45, 2.75) is 25.9 Å². The monoisotopic (exact) mass is 436 g/mol. The molecule has 1 atom stereocenters. The van der Waals surface area contributed by atoms with Crippen LogP contribution in [0.15, 0.2) is 48.9 Å². The van der Waals surface area contributed by atoms with Gasteiger partial charge in [0.2, 0.25) is 5.91 Å². The summed E-state index contributed by atoms with van der Waals surface area (Å²) in [6.07, 6.45) is 4.40. The highest BCUT2D eigenvalue weighted by molar-refractivity contribution is 5.99. The quantitative estimate of drug-likeness (QED) is 0.585. The van der Waals surface area contributed by atoms with Gasteiger partial charge in [0.25, 0.3) is 0 Å². The molecule has 4 rings (SSSR count). The minimum Gasteiger partial charge on any atom is -0.497 e. The lowest BCUT2D eigenvalue weighted by molar-refractivity contribution is -0.118. The van der Waals surface area contributed by atoms with Gasteiger partial charge in [0.05, 0.1) is 45.1 Å². The zero-order chi connectivity index (χ0) is 22.7. The molecule has 1 amide bonds. The SMILES string of the molecule is COc1ccc(OC)c(CNC2CCN(c3ccc(-n4cnc(C)c4)c(OC)c3)C2=O)c1. The number of anilines is 1. The molecule has 1 aromatic heterocycles. The van der Waals surface area contributed by atoms with E-state index in [2.05, 4.69) is 10.3 Å². The first kappa shape index (κ1) is 21.7. The Hall–Kier alpha value is -3.52. The number of benzene rings is 2. The summed E-state index contributed by atoms with van der Waals surface area (Å²) in [7, 11) is 4.89. The number of hydrogen-bond donors (Lipinski definition) is 1. The maximum atomic E-state index is 13.1. The fourth-order valence-electron chi connectivity index (χ4n) is 3.98. The molecule has 0 radical (unpaired) electrons. The first-order valence-electron chi connectivity index (χ1n) is 10.5. The van der Waals surface area contributed by atoms with Crippen LogP contribution in [0.1, 0.15) is 17.7 Å². The van der Waals surface area contributed by atoms with E-state index >= 15 is 0 Å². The number of amides is 1. The van der Waals surface area contributed by atoms with E-state index in [0.29, 0.717) is 18.8 Å². The Bertz CT molecular complexity index is 1110. The Morgan fingerprint density at radius 1 is 1.06 bits per heavy atom. The van der Waals surface area contributed by atoms with Gasteiger partial charge in [-0.1, -0.05) is 0 Å². The summed E-state index contributed by atoms with van der Waals surface area (Å²) in [6, 6.07) is 11.2. The Morgan fingerprint density at radius 3 is 2.56 bits per heavy atom. The molecule has 2 heterocycles. The summed E-state index contributed by atoms with van der Waals surface area (Å²) in [5.74, 6) is 2.24. The van der Waals surface area contributed by atoms with E-state index in [9.17, 15) is 4.79 Å². The fraction of sp³-hybridized carbons (Fsp3) is 0.333. The number of carbonyl (C=O) groups is 1. The van der Waals surface area contributed by atoms with Crippen LogP contribution in [-0.2, 0) is 11.3 Å². The Labute approximate surface area is 187 Å². The average Bonchev–Trinajstić information content (AvgIpc) is 3.42. The summed E-state index contributed by atoms with van der Waals surface area (Å²) >= 11 is 0. The van der Waals surface area contributed by atoms with Crippen LogP contribution < -0.4 is 24.4 Å². The lowest BCUT2D eigenvalue weighted by Gasteiger charge is -2.20. The van der Waals surface area contributed by atoms with Crippen LogP contribution in [0.25, 0.3) is 5.69 Å². The molecule has 1 N–H and O–H groups in total. The highest BCUT2D eigenvalue weighted by Gasteiger charge is 2.32. The summed E-state index contributed by atoms with van der Waals surface area (Å²) < 4.78 is 18.3. The molecule has 8 heteroatoms. The van der Waals surface area contributed by atoms with E-state index in [4.69, 9.17) is 14.2 Å². The Balaban J connectivity index is 1.48. The third-order valence-electron chi connectivity index (χ3n) is 5.70. The van der Waals surface area contributed by atoms with Crippen LogP contribution in [0.4, 0.5) is 5.69 Å². The molecule has 8 nitrogen and oxygen atoms in total. The van der Waals surface area contributed by atoms with Crippen molar-refractivity contribution >= 4 is 11.6 Å². The van der Waals surface area contributed by atoms with Gasteiger partial charge in [0.1, 0.15) is 17.2 Å². The molecule has 1 aliphatic rings. The number of aryl methyl sites for hydroxylation is 1. The number of methoxy groups -OCH3 is 3. The number of rotatable bonds is 8. The number of ether oxygens (including phenoxy) is 3. The highest BCUT2D eigenvalue weighted by Crippen LogP contribution is 2.31. The summed E-state index contributed by atoms with van der Waals surface area (Å²) in [6.45, 7) is 3.08. The fourth-order valence-corrected chi connectivity index (χ4v) is 3.98. The Morgan fingerprint density at radius 2 is 1.88 bits per heavy atom. The number of carbonyl (C=O) groups excluding carboxylic acids is 1. The van der Waals surface area contributed by atoms with E-state index in [1.165, 1.54) is 0 Å². The van der Waals surface area contributed by atoms with Gasteiger partial charge in [-0.05, 0) is 43.7 Å². The van der Waals surface area contributed by atoms with Crippen LogP contribution in [0.5, 0.6) is 17.2 Å². The molecule has 0 aliphatic carbocycles. The predicted molar refractivity (Wildman–Crippen MR) is 122 cm³/mol. The first-order valence-corrected chi connectivity index (χ1v) is 10.5. The molecule has 1 unspecified atom stereocenters. The molecule has 32 heavy (non-hydrogen) atoms. The van der Waals surface area contributed by atoms with Crippen molar-refractivity contribution in [2.75, 3.05) is 32.8 Å². The van der Waals surface area contributed by atoms with Crippen molar-refractivity contribution in [3.63, 3.8) is 0 Å². The number of nitrogens with zero attached hydrogens (tertiary/aromatic N) is 3. The molecule has 2 aromatic carbocycles. The van der Waals surface area contributed by atoms with Crippen LogP contribution in [0.3, 0.4) is 0 Å². The van der Waals surface area contributed by atoms with E-state index < -0.39 is 0 Å². The third kappa shape index (κ3) is 4.27. The van der Waals surface area contributed by atoms with Gasteiger partial charge < -0.3 is 29.0 Å². The summed E-state index contributed by atoms with van der Waals surface area (Å²) in [4.78, 5) is 19.2. The van der Waals surface area contributed by atoms with E-state index in [1.54, 1.807) is 32.6 Å². The number of nitrogens with one attached hydrogen (secondary N) is 1. The second-order valence-corrected chi connectivity index (χ2v) is 7.67. The molecule has 3 aromatic rings. The number of aromatic nitrogens is 2. The second kappa shape index (κ2) is 9.32. The van der Waals surface area contributed by atoms with E-state index in [-0.39, 0.29) is 11.9 Å². The standard InChI is InChI=1S/C24H28N4O4/c1-16-14-27(15-26-16)21-7-5-18(12-23(21)32-4)28-10-9-20(24(28)29)25-13-17-11-19(30-2)6-8-22(17)31-3/h5-8,11-12,14-15,20,25H,9-10,13H2,1-4H3. The normalized spacial score (nSPS) is 15.8. The van der Waals surface area contributed by atoms with Gasteiger partial charge in [-0.25, -0.2) is 4.98 Å². The van der Waals surface area contributed by atoms with Gasteiger partial charge in [0.15, 0.2) is 0 Å². The summed E-state index contributed by atoms with van der Waals surface area (Å²) in [5.41, 5.74) is 3.56. The molecule has 1 fully saturated rings. The van der Waals surface area contributed by atoms with Crippen LogP contribution in [0, 0.1) is 6.92 Å². The van der Waals surface area contributed by atoms with Gasteiger partial charge in [0, 0.05) is 36.6 Å². The molecular weight excluding hydrogens is 408 g/mol. The van der Waals surface area contributed by atoms with Gasteiger partial charge in [-0.3, -0.25) is 4.79 Å². The van der Waals surface area contributed by atoms with E-state index in [1.807, 2.05) is 54.1 Å². The zero-order valence-corrected chi connectivity index (χ0v) is 18.8. The molecule has 168 valence electrons. The predicted octanol–water partition coefficient (Wildman–Crippen LogP) is 3.10. The van der Waals surface area contributed by atoms with Crippen molar-refractivity contribution in [3.05, 3.63) is 60.2 Å². The molecule has 1 aliphatic heterocycles. The largest absolute Gasteiger partial charge is 0.497 e. The maximum absolute atomic E-state index is 13.1. The van der Waals surface area contributed by atoms with Gasteiger partial charge in [-0.2, -0.15) is 0 Å². The minimum atomic E-state index is -0.270. The third-order valence-corrected chi connectivity index (χ3v) is 5.70. The topological polar surface area (TPSA) is 77.8 Å². The zero-order valence-electron chi connectivity index (χ0n) is 18.8. The van der Waals surface area contributed by atoms with Gasteiger partial charge >= 0.3 is 0 Å². The molecule has 0 saturated carbocycles. The highest BCUT2D eigenvalue weighted by atomic mass is 16.5. The molecule has 0 spiro atoms. The number of imidazole rings is 1. The van der Waals surface area contributed by atoms with Crippen LogP contribution >= 0.6 is 0 Å². The summed E-state index contributed by atoms with van der Waals surface area (Å²) in [5, 5.41) is 3.37. The lowest BCUT2D eigenvalue weighted by atomic mass is 10.1. The Kier molecular flexibility index (Phi) is 6.32. The van der Waals surface area contributed by atoms with Crippen molar-refractivity contribution in [1.82, 2.24) is 14.9 Å². The molecule has 0 bridgehead atoms. The smallest absolute Gasteiger partial charge is 0.244 e. The van der Waals surface area contributed by atoms with Crippen molar-refractivity contribution in [1.29, 1.82) is 0 Å². The second-order valence-electron chi connectivity index (χ2n) is 7.67. The molecular formula is C24H28N4O4. The van der Waals surface area contributed by atoms with Crippen LogP contribution in [-0.4, -0.2) is 49.4 Å². The molecule has 1 saturated heterocycles. The van der Waals surface area contributed by atoms with Gasteiger partial charge in [-0.15, -0.1) is 0 Å². The minimum absolute atomic E-state index is 0.0418.